The number of rotatable bonds is 3. The van der Waals surface area contributed by atoms with Crippen LogP contribution in [0.5, 0.6) is 0 Å². The SMILES string of the molecule is CC(C)c1ccc(C(=O)c2ccncc2N)cc1. The minimum atomic E-state index is -0.0646. The van der Waals surface area contributed by atoms with Crippen LogP contribution in [0, 0.1) is 0 Å². The van der Waals surface area contributed by atoms with Crippen LogP contribution in [0.3, 0.4) is 0 Å². The lowest BCUT2D eigenvalue weighted by Crippen LogP contribution is -2.05. The van der Waals surface area contributed by atoms with Crippen LogP contribution in [0.2, 0.25) is 0 Å². The third-order valence-corrected chi connectivity index (χ3v) is 2.94. The van der Waals surface area contributed by atoms with Gasteiger partial charge in [-0.25, -0.2) is 0 Å². The topological polar surface area (TPSA) is 56.0 Å². The van der Waals surface area contributed by atoms with E-state index in [4.69, 9.17) is 5.73 Å². The maximum atomic E-state index is 12.2. The Kier molecular flexibility index (Phi) is 3.42. The van der Waals surface area contributed by atoms with E-state index in [2.05, 4.69) is 18.8 Å². The summed E-state index contributed by atoms with van der Waals surface area (Å²) < 4.78 is 0. The first-order valence-corrected chi connectivity index (χ1v) is 5.93. The highest BCUT2D eigenvalue weighted by Gasteiger charge is 2.12. The molecule has 92 valence electrons. The van der Waals surface area contributed by atoms with Gasteiger partial charge in [-0.2, -0.15) is 0 Å². The van der Waals surface area contributed by atoms with E-state index in [9.17, 15) is 4.79 Å². The second-order valence-corrected chi connectivity index (χ2v) is 4.57. The van der Waals surface area contributed by atoms with Crippen LogP contribution in [0.15, 0.2) is 42.7 Å². The van der Waals surface area contributed by atoms with Crippen LogP contribution in [0.4, 0.5) is 5.69 Å². The molecule has 0 aliphatic heterocycles. The lowest BCUT2D eigenvalue weighted by atomic mass is 9.98. The molecule has 18 heavy (non-hydrogen) atoms. The molecule has 1 aromatic heterocycles. The average molecular weight is 240 g/mol. The van der Waals surface area contributed by atoms with E-state index >= 15 is 0 Å². The second kappa shape index (κ2) is 5.00. The minimum Gasteiger partial charge on any atom is -0.397 e. The zero-order valence-corrected chi connectivity index (χ0v) is 10.6. The summed E-state index contributed by atoms with van der Waals surface area (Å²) in [4.78, 5) is 16.1. The lowest BCUT2D eigenvalue weighted by molar-refractivity contribution is 0.103. The predicted molar refractivity (Wildman–Crippen MR) is 72.6 cm³/mol. The molecule has 0 saturated carbocycles. The van der Waals surface area contributed by atoms with Crippen molar-refractivity contribution in [2.45, 2.75) is 19.8 Å². The van der Waals surface area contributed by atoms with E-state index in [1.54, 1.807) is 12.3 Å². The van der Waals surface area contributed by atoms with Gasteiger partial charge in [-0.05, 0) is 17.5 Å². The van der Waals surface area contributed by atoms with E-state index < -0.39 is 0 Å². The maximum absolute atomic E-state index is 12.2. The van der Waals surface area contributed by atoms with Crippen LogP contribution in [-0.4, -0.2) is 10.8 Å². The molecule has 2 rings (SSSR count). The summed E-state index contributed by atoms with van der Waals surface area (Å²) in [5, 5.41) is 0. The molecule has 0 saturated heterocycles. The Morgan fingerprint density at radius 2 is 1.83 bits per heavy atom. The number of carbonyl (C=O) groups excluding carboxylic acids is 1. The third kappa shape index (κ3) is 2.40. The number of anilines is 1. The number of carbonyl (C=O) groups is 1. The molecule has 0 amide bonds. The second-order valence-electron chi connectivity index (χ2n) is 4.57. The lowest BCUT2D eigenvalue weighted by Gasteiger charge is -2.07. The quantitative estimate of drug-likeness (QED) is 0.839. The monoisotopic (exact) mass is 240 g/mol. The van der Waals surface area contributed by atoms with Crippen molar-refractivity contribution >= 4 is 11.5 Å². The number of ketones is 1. The molecule has 0 unspecified atom stereocenters. The molecule has 0 bridgehead atoms. The molecule has 2 aromatic rings. The van der Waals surface area contributed by atoms with Gasteiger partial charge in [0.1, 0.15) is 0 Å². The fraction of sp³-hybridized carbons (Fsp3) is 0.200. The Morgan fingerprint density at radius 1 is 1.17 bits per heavy atom. The molecule has 1 aromatic carbocycles. The van der Waals surface area contributed by atoms with Crippen molar-refractivity contribution in [1.82, 2.24) is 4.98 Å². The Labute approximate surface area is 107 Å². The molecule has 2 N–H and O–H groups in total. The number of nitrogens with zero attached hydrogens (tertiary/aromatic N) is 1. The average Bonchev–Trinajstić information content (AvgIpc) is 2.38. The van der Waals surface area contributed by atoms with Crippen LogP contribution >= 0.6 is 0 Å². The van der Waals surface area contributed by atoms with Gasteiger partial charge in [-0.15, -0.1) is 0 Å². The molecule has 0 spiro atoms. The first-order chi connectivity index (χ1) is 8.59. The van der Waals surface area contributed by atoms with Gasteiger partial charge in [-0.1, -0.05) is 38.1 Å². The minimum absolute atomic E-state index is 0.0646. The van der Waals surface area contributed by atoms with Crippen molar-refractivity contribution in [2.75, 3.05) is 5.73 Å². The van der Waals surface area contributed by atoms with E-state index in [-0.39, 0.29) is 5.78 Å². The summed E-state index contributed by atoms with van der Waals surface area (Å²) in [5.41, 5.74) is 8.54. The number of nitrogen functional groups attached to an aromatic ring is 1. The molecule has 0 aliphatic carbocycles. The highest BCUT2D eigenvalue weighted by molar-refractivity contribution is 6.11. The van der Waals surface area contributed by atoms with Crippen molar-refractivity contribution in [3.8, 4) is 0 Å². The van der Waals surface area contributed by atoms with Crippen molar-refractivity contribution in [2.24, 2.45) is 0 Å². The number of pyridine rings is 1. The van der Waals surface area contributed by atoms with Gasteiger partial charge in [-0.3, -0.25) is 9.78 Å². The largest absolute Gasteiger partial charge is 0.397 e. The number of hydrogen-bond acceptors (Lipinski definition) is 3. The van der Waals surface area contributed by atoms with Gasteiger partial charge in [0.15, 0.2) is 5.78 Å². The molecule has 1 heterocycles. The van der Waals surface area contributed by atoms with Crippen molar-refractivity contribution in [3.63, 3.8) is 0 Å². The molecule has 3 heteroatoms. The number of nitrogens with two attached hydrogens (primary N) is 1. The van der Waals surface area contributed by atoms with E-state index in [1.165, 1.54) is 11.8 Å². The molecular weight excluding hydrogens is 224 g/mol. The number of hydrogen-bond donors (Lipinski definition) is 1. The summed E-state index contributed by atoms with van der Waals surface area (Å²) in [5.74, 6) is 0.394. The Bertz CT molecular complexity index is 559. The molecule has 0 atom stereocenters. The zero-order valence-electron chi connectivity index (χ0n) is 10.6. The van der Waals surface area contributed by atoms with Gasteiger partial charge >= 0.3 is 0 Å². The normalized spacial score (nSPS) is 10.6. The van der Waals surface area contributed by atoms with Gasteiger partial charge in [0.05, 0.1) is 11.9 Å². The van der Waals surface area contributed by atoms with Crippen LogP contribution in [0.1, 0.15) is 41.3 Å². The number of aromatic nitrogens is 1. The van der Waals surface area contributed by atoms with Crippen LogP contribution in [0.25, 0.3) is 0 Å². The fourth-order valence-corrected chi connectivity index (χ4v) is 1.79. The molecule has 0 fully saturated rings. The van der Waals surface area contributed by atoms with Crippen LogP contribution in [-0.2, 0) is 0 Å². The van der Waals surface area contributed by atoms with Gasteiger partial charge in [0.25, 0.3) is 0 Å². The molecular formula is C15H16N2O. The van der Waals surface area contributed by atoms with E-state index in [0.717, 1.165) is 0 Å². The fourth-order valence-electron chi connectivity index (χ4n) is 1.79. The van der Waals surface area contributed by atoms with Gasteiger partial charge in [0, 0.05) is 17.3 Å². The van der Waals surface area contributed by atoms with Gasteiger partial charge < -0.3 is 5.73 Å². The van der Waals surface area contributed by atoms with E-state index in [1.807, 2.05) is 24.3 Å². The summed E-state index contributed by atoms with van der Waals surface area (Å²) in [7, 11) is 0. The molecule has 0 aliphatic rings. The van der Waals surface area contributed by atoms with Crippen molar-refractivity contribution < 1.29 is 4.79 Å². The van der Waals surface area contributed by atoms with Crippen molar-refractivity contribution in [1.29, 1.82) is 0 Å². The van der Waals surface area contributed by atoms with Gasteiger partial charge in [0.2, 0.25) is 0 Å². The number of benzene rings is 1. The highest BCUT2D eigenvalue weighted by atomic mass is 16.1. The smallest absolute Gasteiger partial charge is 0.195 e. The third-order valence-electron chi connectivity index (χ3n) is 2.94. The Balaban J connectivity index is 2.32. The zero-order chi connectivity index (χ0) is 13.1. The summed E-state index contributed by atoms with van der Waals surface area (Å²) in [6.07, 6.45) is 3.07. The Morgan fingerprint density at radius 3 is 2.39 bits per heavy atom. The summed E-state index contributed by atoms with van der Waals surface area (Å²) in [6.45, 7) is 4.25. The van der Waals surface area contributed by atoms with E-state index in [0.29, 0.717) is 22.7 Å². The van der Waals surface area contributed by atoms with Crippen molar-refractivity contribution in [3.05, 3.63) is 59.4 Å². The maximum Gasteiger partial charge on any atom is 0.195 e. The van der Waals surface area contributed by atoms with Crippen LogP contribution < -0.4 is 5.73 Å². The standard InChI is InChI=1S/C15H16N2O/c1-10(2)11-3-5-12(6-4-11)15(18)13-7-8-17-9-14(13)16/h3-10H,16H2,1-2H3. The molecule has 3 nitrogen and oxygen atoms in total. The highest BCUT2D eigenvalue weighted by Crippen LogP contribution is 2.18. The predicted octanol–water partition coefficient (Wildman–Crippen LogP) is 3.02. The summed E-state index contributed by atoms with van der Waals surface area (Å²) >= 11 is 0. The Hall–Kier alpha value is -2.16. The first kappa shape index (κ1) is 12.3. The summed E-state index contributed by atoms with van der Waals surface area (Å²) in [6, 6.07) is 9.30. The molecule has 0 radical (unpaired) electrons. The first-order valence-electron chi connectivity index (χ1n) is 5.93.